The summed E-state index contributed by atoms with van der Waals surface area (Å²) in [4.78, 5) is 36.9. The van der Waals surface area contributed by atoms with Crippen LogP contribution in [0.3, 0.4) is 0 Å². The van der Waals surface area contributed by atoms with Crippen molar-refractivity contribution in [1.29, 1.82) is 0 Å². The third kappa shape index (κ3) is 5.86. The Morgan fingerprint density at radius 3 is 2.47 bits per heavy atom. The highest BCUT2D eigenvalue weighted by molar-refractivity contribution is 7.13. The predicted molar refractivity (Wildman–Crippen MR) is 126 cm³/mol. The molecule has 1 atom stereocenters. The van der Waals surface area contributed by atoms with Gasteiger partial charge in [-0.3, -0.25) is 9.59 Å². The van der Waals surface area contributed by atoms with Gasteiger partial charge in [-0.15, -0.1) is 11.3 Å². The highest BCUT2D eigenvalue weighted by Gasteiger charge is 2.20. The van der Waals surface area contributed by atoms with Crippen LogP contribution in [0, 0.1) is 0 Å². The molecular weight excluding hydrogens is 428 g/mol. The maximum absolute atomic E-state index is 12.7. The number of carbonyl (C=O) groups is 3. The molecule has 0 saturated carbocycles. The van der Waals surface area contributed by atoms with Crippen molar-refractivity contribution in [1.82, 2.24) is 10.6 Å². The molecule has 0 spiro atoms. The fourth-order valence-corrected chi connectivity index (χ4v) is 3.86. The average Bonchev–Trinajstić information content (AvgIpc) is 3.30. The number of nitrogens with one attached hydrogen (secondary N) is 3. The van der Waals surface area contributed by atoms with Gasteiger partial charge in [0, 0.05) is 23.4 Å². The van der Waals surface area contributed by atoms with E-state index in [1.165, 1.54) is 0 Å². The first kappa shape index (κ1) is 22.8. The van der Waals surface area contributed by atoms with Crippen LogP contribution in [0.15, 0.2) is 60.0 Å². The number of benzene rings is 2. The van der Waals surface area contributed by atoms with Crippen LogP contribution in [-0.4, -0.2) is 35.6 Å². The third-order valence-electron chi connectivity index (χ3n) is 4.73. The molecule has 166 valence electrons. The number of carboxylic acid groups (broad SMARTS) is 1. The lowest BCUT2D eigenvalue weighted by Crippen LogP contribution is -2.47. The van der Waals surface area contributed by atoms with Crippen LogP contribution in [0.5, 0.6) is 0 Å². The van der Waals surface area contributed by atoms with Gasteiger partial charge in [0.1, 0.15) is 6.04 Å². The number of anilines is 2. The number of rotatable bonds is 8. The number of hydrogen-bond donors (Lipinski definition) is 5. The van der Waals surface area contributed by atoms with Gasteiger partial charge in [0.15, 0.2) is 0 Å². The van der Waals surface area contributed by atoms with Gasteiger partial charge >= 0.3 is 6.09 Å². The quantitative estimate of drug-likeness (QED) is 0.333. The Balaban J connectivity index is 1.70. The standard InChI is InChI=1S/C23H24N4O4S/c1-2-25-22(29)19(27-23(30)31)12-14-5-7-15(8-6-14)21(28)26-18-13-16(9-10-17(18)24)20-4-3-11-32-20/h3-11,13,19,27H,2,12,24H2,1H3,(H,25,29)(H,26,28)(H,30,31). The largest absolute Gasteiger partial charge is 0.465 e. The molecule has 0 aliphatic carbocycles. The van der Waals surface area contributed by atoms with Gasteiger partial charge in [-0.05, 0) is 53.8 Å². The number of hydrogen-bond acceptors (Lipinski definition) is 5. The molecule has 6 N–H and O–H groups in total. The van der Waals surface area contributed by atoms with Gasteiger partial charge in [0.05, 0.1) is 11.4 Å². The molecule has 1 unspecified atom stereocenters. The van der Waals surface area contributed by atoms with Gasteiger partial charge in [-0.1, -0.05) is 24.3 Å². The summed E-state index contributed by atoms with van der Waals surface area (Å²) in [6.07, 6.45) is -1.12. The molecule has 0 radical (unpaired) electrons. The maximum Gasteiger partial charge on any atom is 0.405 e. The molecule has 1 aromatic heterocycles. The molecule has 32 heavy (non-hydrogen) atoms. The van der Waals surface area contributed by atoms with Crippen molar-refractivity contribution in [3.63, 3.8) is 0 Å². The summed E-state index contributed by atoms with van der Waals surface area (Å²) in [5.74, 6) is -0.728. The molecule has 0 fully saturated rings. The molecule has 8 nitrogen and oxygen atoms in total. The van der Waals surface area contributed by atoms with E-state index in [-0.39, 0.29) is 12.3 Å². The lowest BCUT2D eigenvalue weighted by Gasteiger charge is -2.16. The summed E-state index contributed by atoms with van der Waals surface area (Å²) in [7, 11) is 0. The average molecular weight is 453 g/mol. The second kappa shape index (κ2) is 10.5. The van der Waals surface area contributed by atoms with Gasteiger partial charge < -0.3 is 26.8 Å². The number of nitrogen functional groups attached to an aromatic ring is 1. The minimum absolute atomic E-state index is 0.163. The van der Waals surface area contributed by atoms with Crippen LogP contribution in [0.4, 0.5) is 16.2 Å². The van der Waals surface area contributed by atoms with E-state index in [0.717, 1.165) is 10.4 Å². The van der Waals surface area contributed by atoms with E-state index >= 15 is 0 Å². The van der Waals surface area contributed by atoms with Crippen molar-refractivity contribution in [2.24, 2.45) is 0 Å². The highest BCUT2D eigenvalue weighted by atomic mass is 32.1. The zero-order chi connectivity index (χ0) is 23.1. The number of thiophene rings is 1. The van der Waals surface area contributed by atoms with E-state index in [0.29, 0.717) is 29.0 Å². The fourth-order valence-electron chi connectivity index (χ4n) is 3.14. The van der Waals surface area contributed by atoms with E-state index in [1.807, 2.05) is 29.6 Å². The molecule has 3 amide bonds. The predicted octanol–water partition coefficient (Wildman–Crippen LogP) is 3.56. The van der Waals surface area contributed by atoms with Crippen molar-refractivity contribution in [2.45, 2.75) is 19.4 Å². The minimum Gasteiger partial charge on any atom is -0.465 e. The third-order valence-corrected chi connectivity index (χ3v) is 5.65. The molecule has 2 aromatic carbocycles. The summed E-state index contributed by atoms with van der Waals surface area (Å²) in [5.41, 5.74) is 9.10. The summed E-state index contributed by atoms with van der Waals surface area (Å²) in [6, 6.07) is 15.2. The zero-order valence-corrected chi connectivity index (χ0v) is 18.2. The van der Waals surface area contributed by atoms with Crippen LogP contribution in [-0.2, 0) is 11.2 Å². The van der Waals surface area contributed by atoms with Gasteiger partial charge in [0.2, 0.25) is 5.91 Å². The number of likely N-dealkylation sites (N-methyl/N-ethyl adjacent to an activating group) is 1. The van der Waals surface area contributed by atoms with Crippen molar-refractivity contribution >= 4 is 40.6 Å². The number of carbonyl (C=O) groups excluding carboxylic acids is 2. The van der Waals surface area contributed by atoms with Gasteiger partial charge in [0.25, 0.3) is 5.91 Å². The molecule has 0 saturated heterocycles. The van der Waals surface area contributed by atoms with E-state index < -0.39 is 18.0 Å². The molecule has 9 heteroatoms. The fraction of sp³-hybridized carbons (Fsp3) is 0.174. The SMILES string of the molecule is CCNC(=O)C(Cc1ccc(C(=O)Nc2cc(-c3cccs3)ccc2N)cc1)NC(=O)O. The molecule has 3 rings (SSSR count). The number of amides is 3. The monoisotopic (exact) mass is 452 g/mol. The second-order valence-electron chi connectivity index (χ2n) is 7.03. The van der Waals surface area contributed by atoms with Crippen LogP contribution in [0.25, 0.3) is 10.4 Å². The van der Waals surface area contributed by atoms with E-state index in [1.54, 1.807) is 48.6 Å². The summed E-state index contributed by atoms with van der Waals surface area (Å²) in [5, 5.41) is 18.6. The van der Waals surface area contributed by atoms with Gasteiger partial charge in [-0.2, -0.15) is 0 Å². The Bertz CT molecular complexity index is 1100. The smallest absolute Gasteiger partial charge is 0.405 e. The highest BCUT2D eigenvalue weighted by Crippen LogP contribution is 2.30. The van der Waals surface area contributed by atoms with Crippen molar-refractivity contribution in [3.8, 4) is 10.4 Å². The Kier molecular flexibility index (Phi) is 7.45. The molecular formula is C23H24N4O4S. The topological polar surface area (TPSA) is 134 Å². The zero-order valence-electron chi connectivity index (χ0n) is 17.4. The van der Waals surface area contributed by atoms with Crippen LogP contribution in [0.2, 0.25) is 0 Å². The van der Waals surface area contributed by atoms with Crippen molar-refractivity contribution in [2.75, 3.05) is 17.6 Å². The first-order valence-corrected chi connectivity index (χ1v) is 10.9. The summed E-state index contributed by atoms with van der Waals surface area (Å²) in [6.45, 7) is 2.15. The molecule has 0 aliphatic heterocycles. The molecule has 3 aromatic rings. The van der Waals surface area contributed by atoms with Crippen molar-refractivity contribution < 1.29 is 19.5 Å². The van der Waals surface area contributed by atoms with Crippen LogP contribution < -0.4 is 21.7 Å². The molecule has 1 heterocycles. The van der Waals surface area contributed by atoms with E-state index in [2.05, 4.69) is 16.0 Å². The van der Waals surface area contributed by atoms with E-state index in [4.69, 9.17) is 10.8 Å². The first-order chi connectivity index (χ1) is 15.4. The minimum atomic E-state index is -1.28. The summed E-state index contributed by atoms with van der Waals surface area (Å²) >= 11 is 1.60. The first-order valence-electron chi connectivity index (χ1n) is 9.98. The van der Waals surface area contributed by atoms with Crippen molar-refractivity contribution in [3.05, 3.63) is 71.1 Å². The normalized spacial score (nSPS) is 11.4. The molecule has 0 bridgehead atoms. The molecule has 0 aliphatic rings. The Hall–Kier alpha value is -3.85. The van der Waals surface area contributed by atoms with Gasteiger partial charge in [-0.25, -0.2) is 4.79 Å². The summed E-state index contributed by atoms with van der Waals surface area (Å²) < 4.78 is 0. The Morgan fingerprint density at radius 2 is 1.84 bits per heavy atom. The Morgan fingerprint density at radius 1 is 1.09 bits per heavy atom. The van der Waals surface area contributed by atoms with E-state index in [9.17, 15) is 14.4 Å². The van der Waals surface area contributed by atoms with Crippen LogP contribution in [0.1, 0.15) is 22.8 Å². The lowest BCUT2D eigenvalue weighted by atomic mass is 10.0. The lowest BCUT2D eigenvalue weighted by molar-refractivity contribution is -0.122. The second-order valence-corrected chi connectivity index (χ2v) is 7.98. The van der Waals surface area contributed by atoms with Crippen LogP contribution >= 0.6 is 11.3 Å². The number of nitrogens with two attached hydrogens (primary N) is 1. The maximum atomic E-state index is 12.7. The Labute approximate surface area is 189 Å².